The van der Waals surface area contributed by atoms with Crippen LogP contribution in [0.3, 0.4) is 0 Å². The van der Waals surface area contributed by atoms with Crippen molar-refractivity contribution in [1.29, 1.82) is 0 Å². The van der Waals surface area contributed by atoms with E-state index < -0.39 is 0 Å². The molecular formula is C144H185BrO5. The van der Waals surface area contributed by atoms with Gasteiger partial charge in [-0.15, -0.1) is 0 Å². The molecule has 0 aliphatic carbocycles. The van der Waals surface area contributed by atoms with Crippen LogP contribution in [-0.2, 0) is 69.9 Å². The van der Waals surface area contributed by atoms with Gasteiger partial charge in [0.25, 0.3) is 0 Å². The van der Waals surface area contributed by atoms with Gasteiger partial charge in [0.1, 0.15) is 24.7 Å². The summed E-state index contributed by atoms with van der Waals surface area (Å²) in [6.07, 6.45) is 46.5. The zero-order valence-corrected chi connectivity index (χ0v) is 97.7. The smallest absolute Gasteiger partial charge is 0.203 e. The highest BCUT2D eigenvalue weighted by molar-refractivity contribution is 9.08. The quantitative estimate of drug-likeness (QED) is 0.0281. The van der Waals surface area contributed by atoms with Gasteiger partial charge in [0.2, 0.25) is 5.75 Å². The highest BCUT2D eigenvalue weighted by atomic mass is 79.9. The Bertz CT molecular complexity index is 5870. The third-order valence-corrected chi connectivity index (χ3v) is 36.0. The lowest BCUT2D eigenvalue weighted by atomic mass is 9.81. The van der Waals surface area contributed by atoms with E-state index in [1.807, 2.05) is 14.2 Å². The molecule has 798 valence electrons. The summed E-state index contributed by atoms with van der Waals surface area (Å²) in [5, 5.41) is 21.3. The summed E-state index contributed by atoms with van der Waals surface area (Å²) in [7, 11) is 5.71. The van der Waals surface area contributed by atoms with Crippen molar-refractivity contribution in [2.45, 2.75) is 386 Å². The lowest BCUT2D eigenvalue weighted by molar-refractivity contribution is 0.257. The second-order valence-electron chi connectivity index (χ2n) is 45.4. The highest BCUT2D eigenvalue weighted by Crippen LogP contribution is 2.56. The molecule has 0 saturated carbocycles. The SMILES string of the molecule is CCCCC(CC)Cc1cccc2c(-c3cc(COc4cc(CBr)cc(OCc5cc(-c6c7cccc(CC(CC)CCCC)c7cc7c(CC(CC)CCCC)cccc67)c(OC)c(-c6c7cccc(CC(CC)CCCC)c7cc7c(CC(CC)CCCC)cccc67)c5)c4OC)cc(-c4c5cccc(CC(CC)CCCC)c5cc5c(CC(CC)CCCC)cccc45)c3OC)c3cccc(CC(CC)CCCC)c3cc12. The van der Waals surface area contributed by atoms with Gasteiger partial charge in [-0.3, -0.25) is 0 Å². The van der Waals surface area contributed by atoms with Crippen molar-refractivity contribution in [1.82, 2.24) is 0 Å². The number of fused-ring (bicyclic) bond motifs is 8. The standard InChI is InChI=1S/C144H185BrO5/c1-20-36-52-97(28-9)76-108-60-44-68-116-124(108)90-125-109(77-98(29-10)53-37-21-2)61-45-69-117(125)138(116)132-84-106(85-133(142(132)146-17)139-118-70-46-62-110(78-99(30-11)54-38-22-3)126(118)91-127-111(63-47-71-119(127)139)79-100(31-12)55-39-23-4)95-149-136-88-105(94-145)89-137(144(136)148-19)150-96-107-86-134(140-120-72-48-64-112(80-101(32-13)56-40-24-5)128(120)92-129-113(65-49-73-121(129)140)81-102(33-14)57-41-25-6)143(147-18)135(87-107)141-122-74-50-66-114(82-103(34-15)58-42-26-7)130(122)93-131-115(67-51-75-123(131)141)83-104(35-16)59-43-27-8/h44-51,60-75,84-93,97-104H,20-43,52-59,76-83,94-96H2,1-19H3. The van der Waals surface area contributed by atoms with Crippen LogP contribution in [0.4, 0.5) is 0 Å². The molecule has 15 rings (SSSR count). The second-order valence-corrected chi connectivity index (χ2v) is 45.9. The molecule has 8 atom stereocenters. The molecule has 0 N–H and O–H groups in total. The number of rotatable bonds is 62. The van der Waals surface area contributed by atoms with E-state index >= 15 is 0 Å². The first-order valence-corrected chi connectivity index (χ1v) is 61.4. The fourth-order valence-electron chi connectivity index (χ4n) is 26.0. The number of ether oxygens (including phenoxy) is 5. The lowest BCUT2D eigenvalue weighted by Crippen LogP contribution is -2.07. The van der Waals surface area contributed by atoms with Crippen molar-refractivity contribution >= 4 is 102 Å². The average molecular weight is 2080 g/mol. The van der Waals surface area contributed by atoms with Crippen molar-refractivity contribution in [2.75, 3.05) is 21.3 Å². The summed E-state index contributed by atoms with van der Waals surface area (Å²) >= 11 is 4.08. The number of methoxy groups -OCH3 is 3. The molecule has 15 aromatic carbocycles. The molecule has 6 heteroatoms. The zero-order chi connectivity index (χ0) is 106. The molecule has 0 aliphatic rings. The first-order valence-electron chi connectivity index (χ1n) is 60.3. The third kappa shape index (κ3) is 26.6. The normalized spacial score (nSPS) is 13.6. The largest absolute Gasteiger partial charge is 0.495 e. The molecular weight excluding hydrogens is 1890 g/mol. The summed E-state index contributed by atoms with van der Waals surface area (Å²) in [5.41, 5.74) is 23.6. The van der Waals surface area contributed by atoms with Crippen molar-refractivity contribution in [3.05, 3.63) is 267 Å². The Kier molecular flexibility index (Phi) is 43.0. The Morgan fingerprint density at radius 2 is 0.373 bits per heavy atom. The molecule has 0 aromatic heterocycles. The van der Waals surface area contributed by atoms with Gasteiger partial charge in [-0.2, -0.15) is 0 Å². The van der Waals surface area contributed by atoms with Crippen LogP contribution in [0.5, 0.6) is 28.7 Å². The molecule has 0 amide bonds. The maximum absolute atomic E-state index is 7.79. The molecule has 5 nitrogen and oxygen atoms in total. The van der Waals surface area contributed by atoms with Gasteiger partial charge in [-0.1, -0.05) is 478 Å². The molecule has 15 aromatic rings. The topological polar surface area (TPSA) is 46.2 Å². The molecule has 0 bridgehead atoms. The second kappa shape index (κ2) is 56.6. The van der Waals surface area contributed by atoms with Crippen molar-refractivity contribution in [3.8, 4) is 73.3 Å². The maximum Gasteiger partial charge on any atom is 0.203 e. The van der Waals surface area contributed by atoms with E-state index in [1.165, 1.54) is 307 Å². The fraction of sp³-hybridized carbons (Fsp3) is 0.486. The number of halogens is 1. The molecule has 0 spiro atoms. The Balaban J connectivity index is 0.982. The first-order chi connectivity index (χ1) is 73.5. The van der Waals surface area contributed by atoms with Crippen LogP contribution in [0.15, 0.2) is 206 Å². The number of hydrogen-bond acceptors (Lipinski definition) is 5. The van der Waals surface area contributed by atoms with Crippen molar-refractivity contribution in [3.63, 3.8) is 0 Å². The molecule has 0 saturated heterocycles. The van der Waals surface area contributed by atoms with Crippen LogP contribution in [0.2, 0.25) is 0 Å². The molecule has 0 fully saturated rings. The maximum atomic E-state index is 7.79. The number of unbranched alkanes of at least 4 members (excludes halogenated alkanes) is 8. The summed E-state index contributed by atoms with van der Waals surface area (Å²) < 4.78 is 37.4. The Hall–Kier alpha value is -10.1. The Morgan fingerprint density at radius 3 is 0.520 bits per heavy atom. The first kappa shape index (κ1) is 114. The Morgan fingerprint density at radius 1 is 0.200 bits per heavy atom. The van der Waals surface area contributed by atoms with Gasteiger partial charge < -0.3 is 23.7 Å². The third-order valence-electron chi connectivity index (χ3n) is 35.3. The lowest BCUT2D eigenvalue weighted by Gasteiger charge is -2.25. The van der Waals surface area contributed by atoms with E-state index in [-0.39, 0.29) is 13.2 Å². The molecule has 0 heterocycles. The zero-order valence-electron chi connectivity index (χ0n) is 96.1. The van der Waals surface area contributed by atoms with Gasteiger partial charge in [0, 0.05) is 49.8 Å². The van der Waals surface area contributed by atoms with Crippen molar-refractivity contribution < 1.29 is 23.7 Å². The van der Waals surface area contributed by atoms with E-state index in [9.17, 15) is 0 Å². The van der Waals surface area contributed by atoms with Gasteiger partial charge in [-0.25, -0.2) is 0 Å². The molecule has 0 aliphatic heterocycles. The minimum Gasteiger partial charge on any atom is -0.495 e. The van der Waals surface area contributed by atoms with E-state index in [0.29, 0.717) is 69.9 Å². The fourth-order valence-corrected chi connectivity index (χ4v) is 26.3. The summed E-state index contributed by atoms with van der Waals surface area (Å²) in [5.74, 6) is 8.05. The van der Waals surface area contributed by atoms with Crippen molar-refractivity contribution in [2.24, 2.45) is 47.3 Å². The minimum absolute atomic E-state index is 0.210. The summed E-state index contributed by atoms with van der Waals surface area (Å²) in [6.45, 7) is 38.5. The summed E-state index contributed by atoms with van der Waals surface area (Å²) in [6, 6.07) is 82.8. The van der Waals surface area contributed by atoms with E-state index in [4.69, 9.17) is 23.7 Å². The summed E-state index contributed by atoms with van der Waals surface area (Å²) in [4.78, 5) is 0. The van der Waals surface area contributed by atoms with Crippen LogP contribution in [0.1, 0.15) is 377 Å². The minimum atomic E-state index is 0.210. The predicted octanol–water partition coefficient (Wildman–Crippen LogP) is 43.7. The van der Waals surface area contributed by atoms with Gasteiger partial charge in [0.15, 0.2) is 11.5 Å². The molecule has 150 heavy (non-hydrogen) atoms. The van der Waals surface area contributed by atoms with E-state index in [1.54, 1.807) is 7.11 Å². The van der Waals surface area contributed by atoms with Gasteiger partial charge in [-0.05, 0) is 307 Å². The van der Waals surface area contributed by atoms with Gasteiger partial charge >= 0.3 is 0 Å². The Labute approximate surface area is 914 Å². The monoisotopic (exact) mass is 2070 g/mol. The van der Waals surface area contributed by atoms with E-state index in [2.05, 4.69) is 333 Å². The predicted molar refractivity (Wildman–Crippen MR) is 658 cm³/mol. The van der Waals surface area contributed by atoms with Gasteiger partial charge in [0.05, 0.1) is 21.3 Å². The van der Waals surface area contributed by atoms with E-state index in [0.717, 1.165) is 153 Å². The highest BCUT2D eigenvalue weighted by Gasteiger charge is 2.32. The van der Waals surface area contributed by atoms with Crippen LogP contribution in [0.25, 0.3) is 131 Å². The molecule has 0 radical (unpaired) electrons. The number of benzene rings is 15. The molecule has 8 unspecified atom stereocenters. The number of alkyl halides is 1. The van der Waals surface area contributed by atoms with Crippen LogP contribution in [-0.4, -0.2) is 21.3 Å². The van der Waals surface area contributed by atoms with Crippen LogP contribution < -0.4 is 23.7 Å². The van der Waals surface area contributed by atoms with Crippen LogP contribution in [0, 0.1) is 47.3 Å². The number of hydrogen-bond donors (Lipinski definition) is 0. The van der Waals surface area contributed by atoms with Crippen LogP contribution >= 0.6 is 15.9 Å². The average Bonchev–Trinajstić information content (AvgIpc) is 0.749.